The summed E-state index contributed by atoms with van der Waals surface area (Å²) in [6.07, 6.45) is 0.323. The lowest BCUT2D eigenvalue weighted by Gasteiger charge is -2.38. The van der Waals surface area contributed by atoms with Gasteiger partial charge in [-0.3, -0.25) is 24.5 Å². The van der Waals surface area contributed by atoms with Gasteiger partial charge in [-0.2, -0.15) is 0 Å². The minimum absolute atomic E-state index is 0.0155. The van der Waals surface area contributed by atoms with Crippen molar-refractivity contribution < 1.29 is 28.7 Å². The van der Waals surface area contributed by atoms with Crippen molar-refractivity contribution in [3.05, 3.63) is 46.5 Å². The lowest BCUT2D eigenvalue weighted by Crippen LogP contribution is -2.52. The molecule has 3 heterocycles. The number of hydrogen-bond acceptors (Lipinski definition) is 6. The Bertz CT molecular complexity index is 1440. The molecule has 12 radical (unpaired) electrons. The largest absolute Gasteiger partial charge is 0.502 e. The van der Waals surface area contributed by atoms with Crippen molar-refractivity contribution in [3.8, 4) is 5.75 Å². The summed E-state index contributed by atoms with van der Waals surface area (Å²) in [5, 5.41) is 0.151. The molecule has 2 aromatic carbocycles. The highest BCUT2D eigenvalue weighted by atomic mass is 16.5. The number of carbonyl (C=O) groups excluding carboxylic acids is 4. The third-order valence-electron chi connectivity index (χ3n) is 7.36. The quantitative estimate of drug-likeness (QED) is 0.311. The number of fused-ring (bicyclic) bond motifs is 1. The van der Waals surface area contributed by atoms with Crippen LogP contribution in [0.4, 0.5) is 0 Å². The molecule has 0 aliphatic carbocycles. The normalized spacial score (nSPS) is 20.4. The van der Waals surface area contributed by atoms with E-state index >= 15 is 0 Å². The van der Waals surface area contributed by atoms with E-state index in [1.807, 2.05) is 0 Å². The summed E-state index contributed by atoms with van der Waals surface area (Å²) in [6, 6.07) is 5.37. The molecular weight excluding hydrogens is 503 g/mol. The highest BCUT2D eigenvalue weighted by Gasteiger charge is 2.41. The summed E-state index contributed by atoms with van der Waals surface area (Å²) < 4.78 is 11.2. The van der Waals surface area contributed by atoms with Gasteiger partial charge < -0.3 is 19.3 Å². The van der Waals surface area contributed by atoms with Crippen LogP contribution in [0.3, 0.4) is 0 Å². The summed E-state index contributed by atoms with van der Waals surface area (Å²) >= 11 is 0. The second-order valence-corrected chi connectivity index (χ2v) is 9.92. The standard InChI is InChI=1S/C25H19B6N3O6/c26-14-8-12(22(29)33-6-7-39-10-18(33)36)20(27)21(28)19(14)25(30,31)40-16-3-1-2-11-13(16)9-34(24(11)38)15-4-5-17(35)32-23(15)37/h1-3,8,15,22H,4-7,9-10H2,(H,32,35,37). The Morgan fingerprint density at radius 3 is 2.55 bits per heavy atom. The molecule has 2 unspecified atom stereocenters. The molecule has 0 saturated carbocycles. The first-order valence-corrected chi connectivity index (χ1v) is 12.5. The van der Waals surface area contributed by atoms with Crippen molar-refractivity contribution in [1.29, 1.82) is 0 Å². The number of hydrogen-bond donors (Lipinski definition) is 1. The zero-order valence-electron chi connectivity index (χ0n) is 21.5. The van der Waals surface area contributed by atoms with Crippen LogP contribution < -0.4 is 26.4 Å². The van der Waals surface area contributed by atoms with Crippen LogP contribution in [0.2, 0.25) is 0 Å². The molecular formula is C25H19B6N3O6. The van der Waals surface area contributed by atoms with Gasteiger partial charge in [-0.05, 0) is 29.7 Å². The first-order chi connectivity index (χ1) is 18.9. The van der Waals surface area contributed by atoms with Gasteiger partial charge in [0.05, 0.1) is 13.2 Å². The average Bonchev–Trinajstić information content (AvgIpc) is 3.23. The molecule has 188 valence electrons. The Morgan fingerprint density at radius 1 is 1.10 bits per heavy atom. The first kappa shape index (κ1) is 28.2. The van der Waals surface area contributed by atoms with E-state index in [0.717, 1.165) is 0 Å². The predicted molar refractivity (Wildman–Crippen MR) is 150 cm³/mol. The van der Waals surface area contributed by atoms with E-state index < -0.39 is 29.2 Å². The third-order valence-corrected chi connectivity index (χ3v) is 7.36. The van der Waals surface area contributed by atoms with E-state index in [9.17, 15) is 19.2 Å². The molecule has 2 saturated heterocycles. The van der Waals surface area contributed by atoms with Crippen molar-refractivity contribution in [2.24, 2.45) is 0 Å². The van der Waals surface area contributed by atoms with Gasteiger partial charge in [0, 0.05) is 35.4 Å². The zero-order valence-corrected chi connectivity index (χ0v) is 21.5. The molecule has 40 heavy (non-hydrogen) atoms. The highest BCUT2D eigenvalue weighted by Crippen LogP contribution is 2.35. The molecule has 0 bridgehead atoms. The number of piperidine rings is 1. The maximum absolute atomic E-state index is 13.2. The molecule has 1 N–H and O–H groups in total. The number of morpholine rings is 1. The van der Waals surface area contributed by atoms with Crippen LogP contribution in [0.15, 0.2) is 24.3 Å². The SMILES string of the molecule is [B]c1cc(C([B])N2CCOCC2=O)c([B])c([B])c1C([B])([B])Oc1cccc2c1CN(C1CCC(=O)NC1=O)C2=O. The van der Waals surface area contributed by atoms with Crippen LogP contribution in [-0.2, 0) is 31.1 Å². The second kappa shape index (κ2) is 10.6. The van der Waals surface area contributed by atoms with Gasteiger partial charge in [-0.25, -0.2) is 0 Å². The van der Waals surface area contributed by atoms with E-state index in [1.54, 1.807) is 18.2 Å². The summed E-state index contributed by atoms with van der Waals surface area (Å²) in [5.41, 5.74) is 1.01. The number of imide groups is 1. The summed E-state index contributed by atoms with van der Waals surface area (Å²) in [7, 11) is 38.1. The molecule has 5 rings (SSSR count). The fourth-order valence-electron chi connectivity index (χ4n) is 5.32. The lowest BCUT2D eigenvalue weighted by molar-refractivity contribution is -0.143. The molecule has 15 heteroatoms. The van der Waals surface area contributed by atoms with Crippen molar-refractivity contribution in [2.75, 3.05) is 19.8 Å². The minimum atomic E-state index is -2.11. The van der Waals surface area contributed by atoms with Gasteiger partial charge >= 0.3 is 0 Å². The van der Waals surface area contributed by atoms with Crippen LogP contribution in [0.5, 0.6) is 5.75 Å². The number of amides is 4. The van der Waals surface area contributed by atoms with Gasteiger partial charge in [0.1, 0.15) is 65.5 Å². The van der Waals surface area contributed by atoms with Gasteiger partial charge in [-0.1, -0.05) is 28.5 Å². The Hall–Kier alpha value is -3.33. The molecule has 2 aromatic rings. The van der Waals surface area contributed by atoms with Crippen LogP contribution in [0.1, 0.15) is 45.8 Å². The van der Waals surface area contributed by atoms with E-state index in [0.29, 0.717) is 23.3 Å². The van der Waals surface area contributed by atoms with E-state index in [-0.39, 0.29) is 72.1 Å². The summed E-state index contributed by atoms with van der Waals surface area (Å²) in [4.78, 5) is 52.2. The molecule has 2 fully saturated rings. The van der Waals surface area contributed by atoms with Crippen LogP contribution in [0, 0.1) is 0 Å². The maximum atomic E-state index is 13.2. The average molecular weight is 522 g/mol. The fraction of sp³-hybridized carbons (Fsp3) is 0.360. The summed E-state index contributed by atoms with van der Waals surface area (Å²) in [6.45, 7) is 0.497. The van der Waals surface area contributed by atoms with Crippen molar-refractivity contribution >= 4 is 87.1 Å². The number of benzene rings is 2. The van der Waals surface area contributed by atoms with Crippen molar-refractivity contribution in [1.82, 2.24) is 15.1 Å². The van der Waals surface area contributed by atoms with Crippen LogP contribution >= 0.6 is 0 Å². The number of ether oxygens (including phenoxy) is 2. The minimum Gasteiger partial charge on any atom is -0.502 e. The maximum Gasteiger partial charge on any atom is 0.255 e. The van der Waals surface area contributed by atoms with Crippen molar-refractivity contribution in [3.63, 3.8) is 0 Å². The van der Waals surface area contributed by atoms with Gasteiger partial charge in [0.2, 0.25) is 17.7 Å². The monoisotopic (exact) mass is 523 g/mol. The summed E-state index contributed by atoms with van der Waals surface area (Å²) in [5.74, 6) is -2.41. The Balaban J connectivity index is 1.43. The van der Waals surface area contributed by atoms with E-state index in [1.165, 1.54) is 15.9 Å². The van der Waals surface area contributed by atoms with Gasteiger partial charge in [0.25, 0.3) is 5.91 Å². The molecule has 3 aliphatic rings. The molecule has 3 aliphatic heterocycles. The smallest absolute Gasteiger partial charge is 0.255 e. The van der Waals surface area contributed by atoms with E-state index in [2.05, 4.69) is 5.32 Å². The Labute approximate surface area is 239 Å². The lowest BCUT2D eigenvalue weighted by atomic mass is 9.53. The Kier molecular flexibility index (Phi) is 7.46. The molecule has 0 aromatic heterocycles. The Morgan fingerprint density at radius 2 is 1.85 bits per heavy atom. The number of carbonyl (C=O) groups is 4. The van der Waals surface area contributed by atoms with Gasteiger partial charge in [-0.15, -0.1) is 0 Å². The molecule has 0 spiro atoms. The van der Waals surface area contributed by atoms with Crippen LogP contribution in [0.25, 0.3) is 0 Å². The highest BCUT2D eigenvalue weighted by molar-refractivity contribution is 6.54. The predicted octanol–water partition coefficient (Wildman–Crippen LogP) is -3.62. The number of rotatable bonds is 6. The van der Waals surface area contributed by atoms with Crippen LogP contribution in [-0.4, -0.2) is 106 Å². The number of nitrogens with zero attached hydrogens (tertiary/aromatic N) is 2. The van der Waals surface area contributed by atoms with E-state index in [4.69, 9.17) is 56.6 Å². The first-order valence-electron chi connectivity index (χ1n) is 12.5. The third kappa shape index (κ3) is 4.89. The zero-order chi connectivity index (χ0) is 28.9. The molecule has 4 amide bonds. The molecule has 2 atom stereocenters. The fourth-order valence-corrected chi connectivity index (χ4v) is 5.32. The van der Waals surface area contributed by atoms with Crippen molar-refractivity contribution in [2.45, 2.75) is 36.8 Å². The van der Waals surface area contributed by atoms with Gasteiger partial charge in [0.15, 0.2) is 0 Å². The molecule has 9 nitrogen and oxygen atoms in total. The topological polar surface area (TPSA) is 105 Å². The second-order valence-electron chi connectivity index (χ2n) is 9.92. The number of nitrogens with one attached hydrogen (secondary N) is 1.